The molecule has 0 spiro atoms. The van der Waals surface area contributed by atoms with Crippen molar-refractivity contribution in [3.63, 3.8) is 0 Å². The van der Waals surface area contributed by atoms with Crippen LogP contribution in [-0.4, -0.2) is 26.5 Å². The highest BCUT2D eigenvalue weighted by Crippen LogP contribution is 2.50. The van der Waals surface area contributed by atoms with Gasteiger partial charge in [0.2, 0.25) is 5.91 Å². The molecule has 1 amide bonds. The first-order valence-electron chi connectivity index (χ1n) is 11.2. The Morgan fingerprint density at radius 2 is 2.09 bits per heavy atom. The van der Waals surface area contributed by atoms with E-state index in [9.17, 15) is 14.0 Å². The number of hydrogen-bond acceptors (Lipinski definition) is 5. The number of rotatable bonds is 5. The fourth-order valence-electron chi connectivity index (χ4n) is 4.61. The van der Waals surface area contributed by atoms with Crippen molar-refractivity contribution in [2.75, 3.05) is 11.1 Å². The number of halogens is 2. The number of fused-ring (bicyclic) bond motifs is 3. The van der Waals surface area contributed by atoms with E-state index in [1.54, 1.807) is 16.3 Å². The molecular formula is C25H23ClFN3O2S2. The molecule has 5 rings (SSSR count). The summed E-state index contributed by atoms with van der Waals surface area (Å²) in [6.45, 7) is 1.98. The van der Waals surface area contributed by atoms with Gasteiger partial charge in [-0.05, 0) is 55.7 Å². The van der Waals surface area contributed by atoms with Crippen molar-refractivity contribution in [2.45, 2.75) is 54.0 Å². The maximum Gasteiger partial charge on any atom is 0.263 e. The molecule has 5 nitrogen and oxygen atoms in total. The molecule has 1 aliphatic carbocycles. The van der Waals surface area contributed by atoms with Crippen LogP contribution in [0.15, 0.2) is 57.4 Å². The summed E-state index contributed by atoms with van der Waals surface area (Å²) in [4.78, 5) is 31.3. The lowest BCUT2D eigenvalue weighted by Crippen LogP contribution is -2.29. The van der Waals surface area contributed by atoms with Crippen LogP contribution in [-0.2, 0) is 4.79 Å². The van der Waals surface area contributed by atoms with E-state index >= 15 is 0 Å². The lowest BCUT2D eigenvalue weighted by atomic mass is 9.85. The van der Waals surface area contributed by atoms with Gasteiger partial charge in [0.05, 0.1) is 22.0 Å². The van der Waals surface area contributed by atoms with Gasteiger partial charge in [0.1, 0.15) is 10.8 Å². The first-order valence-corrected chi connectivity index (χ1v) is 13.4. The number of carbonyl (C=O) groups is 1. The molecule has 0 unspecified atom stereocenters. The Morgan fingerprint density at radius 3 is 2.88 bits per heavy atom. The third kappa shape index (κ3) is 4.63. The minimum Gasteiger partial charge on any atom is -0.325 e. The van der Waals surface area contributed by atoms with E-state index in [2.05, 4.69) is 5.32 Å². The molecule has 34 heavy (non-hydrogen) atoms. The van der Waals surface area contributed by atoms with Gasteiger partial charge in [-0.2, -0.15) is 0 Å². The third-order valence-corrected chi connectivity index (χ3v) is 8.81. The number of hydrogen-bond donors (Lipinski definition) is 1. The second kappa shape index (κ2) is 9.76. The Kier molecular flexibility index (Phi) is 6.73. The molecule has 1 aromatic heterocycles. The first kappa shape index (κ1) is 23.5. The molecule has 3 aromatic rings. The van der Waals surface area contributed by atoms with Crippen molar-refractivity contribution in [1.82, 2.24) is 9.55 Å². The second-order valence-electron chi connectivity index (χ2n) is 8.61. The lowest BCUT2D eigenvalue weighted by molar-refractivity contribution is -0.113. The van der Waals surface area contributed by atoms with E-state index in [4.69, 9.17) is 16.6 Å². The Morgan fingerprint density at radius 1 is 1.26 bits per heavy atom. The van der Waals surface area contributed by atoms with E-state index in [0.29, 0.717) is 16.1 Å². The molecule has 0 saturated heterocycles. The van der Waals surface area contributed by atoms with E-state index in [1.807, 2.05) is 31.2 Å². The van der Waals surface area contributed by atoms with Crippen molar-refractivity contribution in [3.8, 4) is 5.69 Å². The minimum absolute atomic E-state index is 0.0364. The SMILES string of the molecule is Cc1cccc(-n2c(SCC(=O)Nc3ccc(F)c(Cl)c3)nc3c(c2=O)[C@H]2CCCC[C@@H]2S3)c1. The Hall–Kier alpha value is -2.29. The maximum absolute atomic E-state index is 13.8. The molecule has 2 heterocycles. The molecule has 176 valence electrons. The number of anilines is 1. The minimum atomic E-state index is -0.545. The van der Waals surface area contributed by atoms with Gasteiger partial charge in [-0.3, -0.25) is 14.2 Å². The predicted molar refractivity (Wildman–Crippen MR) is 136 cm³/mol. The van der Waals surface area contributed by atoms with Gasteiger partial charge in [-0.1, -0.05) is 48.3 Å². The van der Waals surface area contributed by atoms with Crippen LogP contribution in [0.25, 0.3) is 5.69 Å². The largest absolute Gasteiger partial charge is 0.325 e. The number of nitrogens with one attached hydrogen (secondary N) is 1. The molecule has 2 atom stereocenters. The molecule has 1 saturated carbocycles. The number of nitrogens with zero attached hydrogens (tertiary/aromatic N) is 2. The fraction of sp³-hybridized carbons (Fsp3) is 0.320. The van der Waals surface area contributed by atoms with Crippen molar-refractivity contribution >= 4 is 46.7 Å². The molecular weight excluding hydrogens is 493 g/mol. The summed E-state index contributed by atoms with van der Waals surface area (Å²) in [6.07, 6.45) is 4.43. The summed E-state index contributed by atoms with van der Waals surface area (Å²) in [5.41, 5.74) is 2.99. The average molecular weight is 516 g/mol. The zero-order valence-electron chi connectivity index (χ0n) is 18.5. The summed E-state index contributed by atoms with van der Waals surface area (Å²) in [6, 6.07) is 11.8. The quantitative estimate of drug-likeness (QED) is 0.249. The van der Waals surface area contributed by atoms with E-state index in [1.165, 1.54) is 36.4 Å². The predicted octanol–water partition coefficient (Wildman–Crippen LogP) is 6.20. The summed E-state index contributed by atoms with van der Waals surface area (Å²) >= 11 is 8.74. The van der Waals surface area contributed by atoms with Crippen molar-refractivity contribution in [1.29, 1.82) is 0 Å². The van der Waals surface area contributed by atoms with Gasteiger partial charge in [-0.25, -0.2) is 9.37 Å². The topological polar surface area (TPSA) is 64.0 Å². The molecule has 2 aromatic carbocycles. The number of carbonyl (C=O) groups excluding carboxylic acids is 1. The summed E-state index contributed by atoms with van der Waals surface area (Å²) in [5.74, 6) is -0.546. The Labute approximate surface area is 210 Å². The number of aryl methyl sites for hydroxylation is 1. The highest BCUT2D eigenvalue weighted by Gasteiger charge is 2.39. The zero-order valence-corrected chi connectivity index (χ0v) is 20.9. The van der Waals surface area contributed by atoms with Crippen LogP contribution >= 0.6 is 35.1 Å². The smallest absolute Gasteiger partial charge is 0.263 e. The molecule has 0 bridgehead atoms. The third-order valence-electron chi connectivity index (χ3n) is 6.18. The molecule has 1 fully saturated rings. The number of thioether (sulfide) groups is 2. The van der Waals surface area contributed by atoms with Gasteiger partial charge in [-0.15, -0.1) is 11.8 Å². The zero-order chi connectivity index (χ0) is 23.8. The van der Waals surface area contributed by atoms with Crippen molar-refractivity contribution < 1.29 is 9.18 Å². The van der Waals surface area contributed by atoms with Crippen molar-refractivity contribution in [2.24, 2.45) is 0 Å². The molecule has 2 aliphatic rings. The lowest BCUT2D eigenvalue weighted by Gasteiger charge is -2.24. The summed E-state index contributed by atoms with van der Waals surface area (Å²) in [5, 5.41) is 4.37. The average Bonchev–Trinajstić information content (AvgIpc) is 3.19. The highest BCUT2D eigenvalue weighted by molar-refractivity contribution is 8.00. The number of aromatic nitrogens is 2. The van der Waals surface area contributed by atoms with E-state index < -0.39 is 5.82 Å². The van der Waals surface area contributed by atoms with Gasteiger partial charge >= 0.3 is 0 Å². The summed E-state index contributed by atoms with van der Waals surface area (Å²) < 4.78 is 15.1. The first-order chi connectivity index (χ1) is 16.4. The van der Waals surface area contributed by atoms with Gasteiger partial charge < -0.3 is 5.32 Å². The maximum atomic E-state index is 13.8. The standard InChI is InChI=1S/C25H23ClFN3O2S2/c1-14-5-4-6-16(11-14)30-24(32)22-17-7-2-3-8-20(17)34-23(22)29-25(30)33-13-21(31)28-15-9-10-19(27)18(26)12-15/h4-6,9-12,17,20H,2-3,7-8,13H2,1H3,(H,28,31)/t17-,20-/m0/s1. The van der Waals surface area contributed by atoms with Crippen LogP contribution in [0, 0.1) is 12.7 Å². The van der Waals surface area contributed by atoms with E-state index in [0.717, 1.165) is 41.1 Å². The van der Waals surface area contributed by atoms with E-state index in [-0.39, 0.29) is 28.2 Å². The van der Waals surface area contributed by atoms with Crippen LogP contribution in [0.4, 0.5) is 10.1 Å². The Balaban J connectivity index is 1.46. The molecule has 0 radical (unpaired) electrons. The van der Waals surface area contributed by atoms with Crippen LogP contribution in [0.3, 0.4) is 0 Å². The second-order valence-corrected chi connectivity index (χ2v) is 11.2. The van der Waals surface area contributed by atoms with Gasteiger partial charge in [0, 0.05) is 16.9 Å². The highest BCUT2D eigenvalue weighted by atomic mass is 35.5. The number of benzene rings is 2. The summed E-state index contributed by atoms with van der Waals surface area (Å²) in [7, 11) is 0. The molecule has 1 aliphatic heterocycles. The van der Waals surface area contributed by atoms with Crippen LogP contribution in [0.2, 0.25) is 5.02 Å². The normalized spacial score (nSPS) is 18.9. The Bertz CT molecular complexity index is 1330. The van der Waals surface area contributed by atoms with Crippen LogP contribution < -0.4 is 10.9 Å². The van der Waals surface area contributed by atoms with Gasteiger partial charge in [0.15, 0.2) is 5.16 Å². The molecule has 9 heteroatoms. The van der Waals surface area contributed by atoms with Crippen LogP contribution in [0.1, 0.15) is 42.7 Å². The number of amides is 1. The molecule has 1 N–H and O–H groups in total. The van der Waals surface area contributed by atoms with Crippen LogP contribution in [0.5, 0.6) is 0 Å². The van der Waals surface area contributed by atoms with Crippen molar-refractivity contribution in [3.05, 3.63) is 74.8 Å². The fourth-order valence-corrected chi connectivity index (χ4v) is 7.16. The van der Waals surface area contributed by atoms with Gasteiger partial charge in [0.25, 0.3) is 5.56 Å². The monoisotopic (exact) mass is 515 g/mol.